The molecule has 0 radical (unpaired) electrons. The lowest BCUT2D eigenvalue weighted by molar-refractivity contribution is 0.547. The maximum absolute atomic E-state index is 13.1. The largest absolute Gasteiger partial charge is 0.310 e. The first-order valence-electron chi connectivity index (χ1n) is 7.86. The molecule has 1 aliphatic rings. The normalized spacial score (nSPS) is 15.0. The third-order valence-electron chi connectivity index (χ3n) is 4.33. The first-order valence-corrected chi connectivity index (χ1v) is 7.86. The highest BCUT2D eigenvalue weighted by Gasteiger charge is 2.14. The van der Waals surface area contributed by atoms with Gasteiger partial charge in [0.15, 0.2) is 0 Å². The van der Waals surface area contributed by atoms with Crippen LogP contribution in [0.2, 0.25) is 0 Å². The Morgan fingerprint density at radius 2 is 1.81 bits per heavy atom. The highest BCUT2D eigenvalue weighted by atomic mass is 19.1. The number of halogens is 1. The van der Waals surface area contributed by atoms with E-state index < -0.39 is 0 Å². The van der Waals surface area contributed by atoms with Gasteiger partial charge in [-0.3, -0.25) is 0 Å². The van der Waals surface area contributed by atoms with Crippen molar-refractivity contribution >= 4 is 0 Å². The monoisotopic (exact) mass is 283 g/mol. The minimum atomic E-state index is -0.175. The molecule has 3 rings (SSSR count). The van der Waals surface area contributed by atoms with Crippen LogP contribution >= 0.6 is 0 Å². The maximum atomic E-state index is 13.1. The fourth-order valence-electron chi connectivity index (χ4n) is 3.24. The van der Waals surface area contributed by atoms with Gasteiger partial charge in [-0.25, -0.2) is 4.39 Å². The van der Waals surface area contributed by atoms with E-state index in [-0.39, 0.29) is 11.9 Å². The summed E-state index contributed by atoms with van der Waals surface area (Å²) in [5, 5.41) is 3.51. The number of benzene rings is 2. The van der Waals surface area contributed by atoms with Crippen molar-refractivity contribution < 1.29 is 4.39 Å². The topological polar surface area (TPSA) is 12.0 Å². The highest BCUT2D eigenvalue weighted by molar-refractivity contribution is 5.36. The molecule has 2 heteroatoms. The average molecular weight is 283 g/mol. The summed E-state index contributed by atoms with van der Waals surface area (Å²) in [7, 11) is 0. The molecule has 0 saturated heterocycles. The van der Waals surface area contributed by atoms with Crippen LogP contribution in [0.15, 0.2) is 42.5 Å². The lowest BCUT2D eigenvalue weighted by Gasteiger charge is -2.19. The number of fused-ring (bicyclic) bond motifs is 1. The molecule has 21 heavy (non-hydrogen) atoms. The summed E-state index contributed by atoms with van der Waals surface area (Å²) in [6.07, 6.45) is 4.68. The molecule has 1 atom stereocenters. The molecule has 1 unspecified atom stereocenters. The van der Waals surface area contributed by atoms with Crippen LogP contribution in [-0.2, 0) is 19.3 Å². The van der Waals surface area contributed by atoms with E-state index in [2.05, 4.69) is 30.4 Å². The molecular formula is C19H22FN. The number of hydrogen-bond acceptors (Lipinski definition) is 1. The van der Waals surface area contributed by atoms with Gasteiger partial charge in [0.25, 0.3) is 0 Å². The number of hydrogen-bond donors (Lipinski definition) is 1. The molecule has 1 nitrogen and oxygen atoms in total. The lowest BCUT2D eigenvalue weighted by atomic mass is 9.96. The summed E-state index contributed by atoms with van der Waals surface area (Å²) >= 11 is 0. The van der Waals surface area contributed by atoms with Gasteiger partial charge in [0.1, 0.15) is 5.82 Å². The highest BCUT2D eigenvalue weighted by Crippen LogP contribution is 2.25. The molecule has 1 N–H and O–H groups in total. The number of nitrogens with one attached hydrogen (secondary N) is 1. The Morgan fingerprint density at radius 3 is 2.57 bits per heavy atom. The third-order valence-corrected chi connectivity index (χ3v) is 4.33. The predicted molar refractivity (Wildman–Crippen MR) is 85.0 cm³/mol. The summed E-state index contributed by atoms with van der Waals surface area (Å²) in [5.41, 5.74) is 5.55. The van der Waals surface area contributed by atoms with Crippen molar-refractivity contribution in [2.75, 3.05) is 6.54 Å². The second-order valence-electron chi connectivity index (χ2n) is 5.82. The molecule has 2 aromatic rings. The Morgan fingerprint density at radius 1 is 1.05 bits per heavy atom. The second-order valence-corrected chi connectivity index (χ2v) is 5.82. The average Bonchev–Trinajstić information content (AvgIpc) is 2.95. The van der Waals surface area contributed by atoms with Crippen molar-refractivity contribution in [3.63, 3.8) is 0 Å². The van der Waals surface area contributed by atoms with Gasteiger partial charge >= 0.3 is 0 Å². The molecule has 0 aliphatic heterocycles. The first kappa shape index (κ1) is 14.3. The summed E-state index contributed by atoms with van der Waals surface area (Å²) in [4.78, 5) is 0. The van der Waals surface area contributed by atoms with Crippen LogP contribution in [0, 0.1) is 5.82 Å². The van der Waals surface area contributed by atoms with Crippen molar-refractivity contribution in [2.24, 2.45) is 0 Å². The van der Waals surface area contributed by atoms with Gasteiger partial charge in [0.2, 0.25) is 0 Å². The smallest absolute Gasteiger partial charge is 0.123 e. The molecule has 1 aliphatic carbocycles. The van der Waals surface area contributed by atoms with E-state index in [1.807, 2.05) is 12.1 Å². The molecular weight excluding hydrogens is 261 g/mol. The van der Waals surface area contributed by atoms with Crippen LogP contribution in [0.1, 0.15) is 41.6 Å². The SMILES string of the molecule is CCNC(Cc1ccc2c(c1)CCC2)c1ccc(F)cc1. The van der Waals surface area contributed by atoms with E-state index >= 15 is 0 Å². The zero-order chi connectivity index (χ0) is 14.7. The Kier molecular flexibility index (Phi) is 4.35. The van der Waals surface area contributed by atoms with E-state index in [9.17, 15) is 4.39 Å². The Labute approximate surface area is 126 Å². The number of rotatable bonds is 5. The standard InChI is InChI=1S/C19H22FN/c1-2-21-19(16-8-10-18(20)11-9-16)13-14-6-7-15-4-3-5-17(15)12-14/h6-12,19,21H,2-5,13H2,1H3. The molecule has 0 heterocycles. The molecule has 0 bridgehead atoms. The van der Waals surface area contributed by atoms with Gasteiger partial charge in [-0.2, -0.15) is 0 Å². The fraction of sp³-hybridized carbons (Fsp3) is 0.368. The van der Waals surface area contributed by atoms with E-state index in [4.69, 9.17) is 0 Å². The second kappa shape index (κ2) is 6.40. The molecule has 110 valence electrons. The summed E-state index contributed by atoms with van der Waals surface area (Å²) in [6.45, 7) is 3.02. The van der Waals surface area contributed by atoms with Crippen molar-refractivity contribution in [1.82, 2.24) is 5.32 Å². The van der Waals surface area contributed by atoms with E-state index in [1.165, 1.54) is 36.0 Å². The number of likely N-dealkylation sites (N-methyl/N-ethyl adjacent to an activating group) is 1. The van der Waals surface area contributed by atoms with Gasteiger partial charge < -0.3 is 5.32 Å². The number of aryl methyl sites for hydroxylation is 2. The van der Waals surface area contributed by atoms with Crippen molar-refractivity contribution in [3.05, 3.63) is 70.5 Å². The van der Waals surface area contributed by atoms with Crippen LogP contribution in [0.25, 0.3) is 0 Å². The zero-order valence-electron chi connectivity index (χ0n) is 12.5. The minimum absolute atomic E-state index is 0.175. The van der Waals surface area contributed by atoms with Gasteiger partial charge in [-0.05, 0) is 66.6 Å². The van der Waals surface area contributed by atoms with Gasteiger partial charge in [0.05, 0.1) is 0 Å². The van der Waals surface area contributed by atoms with Gasteiger partial charge in [-0.1, -0.05) is 37.3 Å². The molecule has 0 aromatic heterocycles. The molecule has 2 aromatic carbocycles. The predicted octanol–water partition coefficient (Wildman–Crippen LogP) is 4.21. The first-order chi connectivity index (χ1) is 10.3. The lowest BCUT2D eigenvalue weighted by Crippen LogP contribution is -2.23. The molecule has 0 fully saturated rings. The summed E-state index contributed by atoms with van der Waals surface area (Å²) in [6, 6.07) is 14.0. The van der Waals surface area contributed by atoms with Crippen LogP contribution in [0.4, 0.5) is 4.39 Å². The van der Waals surface area contributed by atoms with Gasteiger partial charge in [-0.15, -0.1) is 0 Å². The van der Waals surface area contributed by atoms with Crippen molar-refractivity contribution in [1.29, 1.82) is 0 Å². The summed E-state index contributed by atoms with van der Waals surface area (Å²) < 4.78 is 13.1. The Bertz CT molecular complexity index is 603. The van der Waals surface area contributed by atoms with Gasteiger partial charge in [0, 0.05) is 6.04 Å². The molecule has 0 spiro atoms. The minimum Gasteiger partial charge on any atom is -0.310 e. The van der Waals surface area contributed by atoms with Crippen LogP contribution in [0.5, 0.6) is 0 Å². The molecule has 0 amide bonds. The Hall–Kier alpha value is -1.67. The maximum Gasteiger partial charge on any atom is 0.123 e. The van der Waals surface area contributed by atoms with E-state index in [0.717, 1.165) is 18.5 Å². The van der Waals surface area contributed by atoms with Crippen LogP contribution in [-0.4, -0.2) is 6.54 Å². The van der Waals surface area contributed by atoms with E-state index in [0.29, 0.717) is 0 Å². The fourth-order valence-corrected chi connectivity index (χ4v) is 3.24. The summed E-state index contributed by atoms with van der Waals surface area (Å²) in [5.74, 6) is -0.175. The van der Waals surface area contributed by atoms with Crippen LogP contribution < -0.4 is 5.32 Å². The third kappa shape index (κ3) is 3.33. The van der Waals surface area contributed by atoms with Crippen LogP contribution in [0.3, 0.4) is 0 Å². The Balaban J connectivity index is 1.80. The van der Waals surface area contributed by atoms with Crippen molar-refractivity contribution in [2.45, 2.75) is 38.6 Å². The van der Waals surface area contributed by atoms with Crippen molar-refractivity contribution in [3.8, 4) is 0 Å². The molecule has 0 saturated carbocycles. The quantitative estimate of drug-likeness (QED) is 0.867. The zero-order valence-corrected chi connectivity index (χ0v) is 12.5. The van der Waals surface area contributed by atoms with E-state index in [1.54, 1.807) is 12.1 Å².